The van der Waals surface area contributed by atoms with Crippen LogP contribution in [0, 0.1) is 6.92 Å². The van der Waals surface area contributed by atoms with Gasteiger partial charge >= 0.3 is 19.3 Å². The van der Waals surface area contributed by atoms with Crippen molar-refractivity contribution in [2.24, 2.45) is 4.99 Å². The number of aryl methyl sites for hydroxylation is 1. The molecular formula is C43H44BF2N3O6S2. The van der Waals surface area contributed by atoms with E-state index < -0.39 is 19.3 Å². The van der Waals surface area contributed by atoms with Crippen LogP contribution >= 0.6 is 23.5 Å². The van der Waals surface area contributed by atoms with Crippen LogP contribution in [0.15, 0.2) is 107 Å². The molecule has 1 aliphatic heterocycles. The normalized spacial score (nSPS) is 13.5. The van der Waals surface area contributed by atoms with Crippen LogP contribution in [-0.2, 0) is 9.59 Å². The highest BCUT2D eigenvalue weighted by Gasteiger charge is 2.30. The smallest absolute Gasteiger partial charge is 0.497 e. The van der Waals surface area contributed by atoms with Crippen molar-refractivity contribution in [2.75, 3.05) is 55.2 Å². The van der Waals surface area contributed by atoms with Crippen LogP contribution in [0.3, 0.4) is 0 Å². The number of aliphatic carboxylic acids is 2. The van der Waals surface area contributed by atoms with Crippen molar-refractivity contribution in [3.63, 3.8) is 0 Å². The van der Waals surface area contributed by atoms with Gasteiger partial charge in [0.25, 0.3) is 0 Å². The van der Waals surface area contributed by atoms with E-state index in [9.17, 15) is 9.59 Å². The molecule has 296 valence electrons. The van der Waals surface area contributed by atoms with Gasteiger partial charge < -0.3 is 29.1 Å². The van der Waals surface area contributed by atoms with Gasteiger partial charge in [0, 0.05) is 47.2 Å². The summed E-state index contributed by atoms with van der Waals surface area (Å²) in [7, 11) is 0.326. The first-order chi connectivity index (χ1) is 27.5. The minimum absolute atomic E-state index is 0.0253. The molecule has 0 fully saturated rings. The lowest BCUT2D eigenvalue weighted by Crippen LogP contribution is -2.29. The Labute approximate surface area is 340 Å². The summed E-state index contributed by atoms with van der Waals surface area (Å²) in [5, 5.41) is 18.2. The number of hydrogen-bond donors (Lipinski definition) is 2. The quantitative estimate of drug-likeness (QED) is 0.0667. The van der Waals surface area contributed by atoms with E-state index in [-0.39, 0.29) is 11.5 Å². The lowest BCUT2D eigenvalue weighted by Gasteiger charge is -2.25. The number of carboxylic acids is 2. The van der Waals surface area contributed by atoms with Crippen LogP contribution in [-0.4, -0.2) is 90.1 Å². The molecule has 0 spiro atoms. The summed E-state index contributed by atoms with van der Waals surface area (Å²) < 4.78 is 42.2. The number of ether oxygens (including phenoxy) is 2. The van der Waals surface area contributed by atoms with Crippen LogP contribution < -0.4 is 14.4 Å². The molecule has 3 aromatic carbocycles. The standard InChI is InChI=1S/C43H44BF2N3O6S2/c1-29-25-34(13-5-31-7-17-37(54-3)18-8-31)47-42(29)41(43-30(2)26-36(49(43)44(45)46)14-6-32-9-19-38(55-4)20-10-32)33-11-15-35(16-12-33)48(21-23-56-27-39(50)51)22-24-57-28-40(52)53/h5-20,25-26H,21-24,27-28H2,1-4H3,(H,50,51)(H,52,53)/b13-5-,14-6+,42-41-. The highest BCUT2D eigenvalue weighted by molar-refractivity contribution is 8.00. The Balaban J connectivity index is 1.58. The molecule has 0 amide bonds. The lowest BCUT2D eigenvalue weighted by molar-refractivity contribution is -0.134. The summed E-state index contributed by atoms with van der Waals surface area (Å²) in [5.74, 6) is 0.698. The number of anilines is 1. The summed E-state index contributed by atoms with van der Waals surface area (Å²) in [6.07, 6.45) is 9.24. The van der Waals surface area contributed by atoms with Gasteiger partial charge in [0.2, 0.25) is 0 Å². The lowest BCUT2D eigenvalue weighted by atomic mass is 9.94. The molecule has 14 heteroatoms. The molecule has 2 N–H and O–H groups in total. The fourth-order valence-corrected chi connectivity index (χ4v) is 7.61. The van der Waals surface area contributed by atoms with Crippen LogP contribution in [0.25, 0.3) is 23.8 Å². The van der Waals surface area contributed by atoms with E-state index in [1.165, 1.54) is 23.5 Å². The first kappa shape index (κ1) is 42.7. The first-order valence-corrected chi connectivity index (χ1v) is 20.4. The number of nitrogens with zero attached hydrogens (tertiary/aromatic N) is 3. The van der Waals surface area contributed by atoms with Crippen molar-refractivity contribution in [1.82, 2.24) is 4.48 Å². The van der Waals surface area contributed by atoms with E-state index in [1.807, 2.05) is 105 Å². The van der Waals surface area contributed by atoms with Crippen molar-refractivity contribution in [2.45, 2.75) is 13.8 Å². The topological polar surface area (TPSA) is 114 Å². The summed E-state index contributed by atoms with van der Waals surface area (Å²) >= 11 is 2.60. The summed E-state index contributed by atoms with van der Waals surface area (Å²) in [4.78, 5) is 29.3. The number of allylic oxidation sites excluding steroid dienone is 3. The Morgan fingerprint density at radius 3 is 1.81 bits per heavy atom. The minimum atomic E-state index is -2.87. The number of carboxylic acid groups (broad SMARTS) is 2. The molecule has 1 aromatic heterocycles. The highest BCUT2D eigenvalue weighted by atomic mass is 32.2. The third kappa shape index (κ3) is 11.8. The molecule has 9 nitrogen and oxygen atoms in total. The van der Waals surface area contributed by atoms with E-state index >= 15 is 8.63 Å². The van der Waals surface area contributed by atoms with Gasteiger partial charge in [-0.15, -0.1) is 23.5 Å². The number of benzene rings is 3. The minimum Gasteiger partial charge on any atom is -0.497 e. The van der Waals surface area contributed by atoms with Gasteiger partial charge in [0.05, 0.1) is 37.1 Å². The zero-order valence-electron chi connectivity index (χ0n) is 32.2. The Kier molecular flexibility index (Phi) is 15.4. The molecule has 0 atom stereocenters. The monoisotopic (exact) mass is 811 g/mol. The van der Waals surface area contributed by atoms with Gasteiger partial charge in [-0.25, -0.2) is 4.99 Å². The van der Waals surface area contributed by atoms with Crippen LogP contribution in [0.4, 0.5) is 14.3 Å². The number of rotatable bonds is 20. The number of carbonyl (C=O) groups is 2. The van der Waals surface area contributed by atoms with Gasteiger partial charge in [0.15, 0.2) is 0 Å². The molecule has 2 heterocycles. The largest absolute Gasteiger partial charge is 0.678 e. The maximum Gasteiger partial charge on any atom is 0.678 e. The molecule has 1 aliphatic rings. The van der Waals surface area contributed by atoms with E-state index in [0.717, 1.165) is 32.6 Å². The molecule has 0 aliphatic carbocycles. The van der Waals surface area contributed by atoms with Gasteiger partial charge in [0.1, 0.15) is 11.5 Å². The third-order valence-corrected chi connectivity index (χ3v) is 10.9. The van der Waals surface area contributed by atoms with Crippen molar-refractivity contribution in [3.05, 3.63) is 136 Å². The van der Waals surface area contributed by atoms with E-state index in [2.05, 4.69) is 4.90 Å². The zero-order valence-corrected chi connectivity index (χ0v) is 33.8. The molecule has 0 unspecified atom stereocenters. The van der Waals surface area contributed by atoms with Crippen molar-refractivity contribution >= 4 is 78.1 Å². The maximum atomic E-state index is 15.3. The number of thioether (sulfide) groups is 2. The molecule has 5 rings (SSSR count). The van der Waals surface area contributed by atoms with E-state index in [4.69, 9.17) is 24.7 Å². The second kappa shape index (κ2) is 20.6. The van der Waals surface area contributed by atoms with Gasteiger partial charge in [-0.05, 0) is 102 Å². The van der Waals surface area contributed by atoms with Gasteiger partial charge in [-0.3, -0.25) is 18.2 Å². The van der Waals surface area contributed by atoms with Crippen molar-refractivity contribution in [1.29, 1.82) is 0 Å². The third-order valence-electron chi connectivity index (χ3n) is 9.01. The number of halogens is 2. The number of hydrogen-bond acceptors (Lipinski definition) is 8. The fourth-order valence-electron chi connectivity index (χ4n) is 6.27. The van der Waals surface area contributed by atoms with Crippen LogP contribution in [0.5, 0.6) is 11.5 Å². The predicted octanol–water partition coefficient (Wildman–Crippen LogP) is 9.07. The SMILES string of the molecule is COc1ccc(/C=C\C2=NC(=C(/c3ccc(N(CCSCC(=O)O)CCSCC(=O)O)cc3)c3c(C)cc(/C=C/c4ccc(OC)cc4)n3B(F)F)/C(C)=C2)cc1. The number of methoxy groups -OCH3 is 2. The number of aromatic nitrogens is 1. The predicted molar refractivity (Wildman–Crippen MR) is 232 cm³/mol. The Hall–Kier alpha value is -5.47. The number of aliphatic imine (C=N–C) groups is 1. The average Bonchev–Trinajstić information content (AvgIpc) is 3.74. The molecule has 0 saturated carbocycles. The molecule has 0 radical (unpaired) electrons. The maximum absolute atomic E-state index is 15.3. The molecule has 0 saturated heterocycles. The Morgan fingerprint density at radius 1 is 0.789 bits per heavy atom. The summed E-state index contributed by atoms with van der Waals surface area (Å²) in [6, 6.07) is 24.3. The van der Waals surface area contributed by atoms with Crippen molar-refractivity contribution < 1.29 is 37.9 Å². The summed E-state index contributed by atoms with van der Waals surface area (Å²) in [5.41, 5.74) is 7.20. The van der Waals surface area contributed by atoms with Crippen molar-refractivity contribution in [3.8, 4) is 11.5 Å². The van der Waals surface area contributed by atoms with Crippen LogP contribution in [0.2, 0.25) is 0 Å². The Bertz CT molecular complexity index is 2160. The van der Waals surface area contributed by atoms with E-state index in [0.29, 0.717) is 69.8 Å². The fraction of sp³-hybridized carbons (Fsp3) is 0.233. The van der Waals surface area contributed by atoms with E-state index in [1.54, 1.807) is 32.4 Å². The molecule has 4 aromatic rings. The first-order valence-electron chi connectivity index (χ1n) is 18.1. The molecule has 0 bridgehead atoms. The summed E-state index contributed by atoms with van der Waals surface area (Å²) in [6.45, 7) is 4.81. The molecule has 57 heavy (non-hydrogen) atoms. The zero-order chi connectivity index (χ0) is 40.9. The van der Waals surface area contributed by atoms with Gasteiger partial charge in [-0.2, -0.15) is 0 Å². The average molecular weight is 812 g/mol. The highest BCUT2D eigenvalue weighted by Crippen LogP contribution is 2.38. The van der Waals surface area contributed by atoms with Gasteiger partial charge in [-0.1, -0.05) is 48.6 Å². The second-order valence-electron chi connectivity index (χ2n) is 13.0. The Morgan fingerprint density at radius 2 is 1.32 bits per heavy atom. The molecular weight excluding hydrogens is 767 g/mol. The second-order valence-corrected chi connectivity index (χ2v) is 15.2. The van der Waals surface area contributed by atoms with Crippen LogP contribution in [0.1, 0.15) is 40.6 Å².